The molecule has 2 rings (SSSR count). The molecule has 20 heavy (non-hydrogen) atoms. The van der Waals surface area contributed by atoms with E-state index in [1.54, 1.807) is 25.3 Å². The van der Waals surface area contributed by atoms with Gasteiger partial charge in [0, 0.05) is 0 Å². The SMILES string of the molecule is COc1ccc(COc2cccc(Cl)c2C(N)=S)cc1. The van der Waals surface area contributed by atoms with Crippen molar-refractivity contribution in [2.45, 2.75) is 6.61 Å². The Balaban J connectivity index is 2.14. The first kappa shape index (κ1) is 14.6. The molecule has 0 heterocycles. The first-order valence-corrected chi connectivity index (χ1v) is 6.74. The van der Waals surface area contributed by atoms with Crippen LogP contribution in [0, 0.1) is 0 Å². The fourth-order valence-corrected chi connectivity index (χ4v) is 2.28. The van der Waals surface area contributed by atoms with Crippen molar-refractivity contribution in [1.29, 1.82) is 0 Å². The van der Waals surface area contributed by atoms with Crippen molar-refractivity contribution in [1.82, 2.24) is 0 Å². The minimum Gasteiger partial charge on any atom is -0.497 e. The molecule has 0 aliphatic carbocycles. The van der Waals surface area contributed by atoms with Crippen LogP contribution in [0.15, 0.2) is 42.5 Å². The summed E-state index contributed by atoms with van der Waals surface area (Å²) in [5.41, 5.74) is 7.25. The highest BCUT2D eigenvalue weighted by Crippen LogP contribution is 2.27. The van der Waals surface area contributed by atoms with E-state index in [9.17, 15) is 0 Å². The summed E-state index contributed by atoms with van der Waals surface area (Å²) in [7, 11) is 1.63. The molecule has 0 radical (unpaired) electrons. The van der Waals surface area contributed by atoms with Crippen molar-refractivity contribution >= 4 is 28.8 Å². The van der Waals surface area contributed by atoms with E-state index in [1.807, 2.05) is 24.3 Å². The molecule has 0 aromatic heterocycles. The summed E-state index contributed by atoms with van der Waals surface area (Å²) in [6.07, 6.45) is 0. The van der Waals surface area contributed by atoms with Gasteiger partial charge >= 0.3 is 0 Å². The van der Waals surface area contributed by atoms with Gasteiger partial charge < -0.3 is 15.2 Å². The summed E-state index contributed by atoms with van der Waals surface area (Å²) in [4.78, 5) is 0.223. The number of nitrogens with two attached hydrogens (primary N) is 1. The zero-order valence-electron chi connectivity index (χ0n) is 10.9. The van der Waals surface area contributed by atoms with Gasteiger partial charge in [0.2, 0.25) is 0 Å². The largest absolute Gasteiger partial charge is 0.497 e. The van der Waals surface area contributed by atoms with Crippen LogP contribution in [-0.2, 0) is 6.61 Å². The molecule has 0 saturated heterocycles. The standard InChI is InChI=1S/C15H14ClNO2S/c1-18-11-7-5-10(6-8-11)9-19-13-4-2-3-12(16)14(13)15(17)20/h2-8H,9H2,1H3,(H2,17,20). The van der Waals surface area contributed by atoms with E-state index >= 15 is 0 Å². The molecule has 2 N–H and O–H groups in total. The number of thiocarbonyl (C=S) groups is 1. The molecular formula is C15H14ClNO2S. The Bertz CT molecular complexity index is 614. The van der Waals surface area contributed by atoms with E-state index in [1.165, 1.54) is 0 Å². The van der Waals surface area contributed by atoms with E-state index in [2.05, 4.69) is 0 Å². The average molecular weight is 308 g/mol. The van der Waals surface area contributed by atoms with E-state index in [0.717, 1.165) is 11.3 Å². The van der Waals surface area contributed by atoms with E-state index in [0.29, 0.717) is 22.9 Å². The van der Waals surface area contributed by atoms with Crippen LogP contribution in [0.2, 0.25) is 5.02 Å². The Morgan fingerprint density at radius 2 is 1.90 bits per heavy atom. The highest BCUT2D eigenvalue weighted by atomic mass is 35.5. The van der Waals surface area contributed by atoms with Crippen LogP contribution in [0.25, 0.3) is 0 Å². The molecule has 104 valence electrons. The minimum atomic E-state index is 0.223. The maximum Gasteiger partial charge on any atom is 0.131 e. The lowest BCUT2D eigenvalue weighted by molar-refractivity contribution is 0.305. The fraction of sp³-hybridized carbons (Fsp3) is 0.133. The molecule has 0 bridgehead atoms. The van der Waals surface area contributed by atoms with Gasteiger partial charge in [-0.05, 0) is 29.8 Å². The van der Waals surface area contributed by atoms with Crippen LogP contribution in [0.1, 0.15) is 11.1 Å². The quantitative estimate of drug-likeness (QED) is 0.858. The highest BCUT2D eigenvalue weighted by molar-refractivity contribution is 7.80. The van der Waals surface area contributed by atoms with Crippen LogP contribution in [0.4, 0.5) is 0 Å². The monoisotopic (exact) mass is 307 g/mol. The first-order chi connectivity index (χ1) is 9.61. The second kappa shape index (κ2) is 6.59. The zero-order valence-corrected chi connectivity index (χ0v) is 12.5. The van der Waals surface area contributed by atoms with Crippen molar-refractivity contribution in [2.24, 2.45) is 5.73 Å². The summed E-state index contributed by atoms with van der Waals surface area (Å²) in [5.74, 6) is 1.39. The maximum atomic E-state index is 6.08. The normalized spacial score (nSPS) is 10.1. The second-order valence-corrected chi connectivity index (χ2v) is 4.96. The number of halogens is 1. The molecule has 0 amide bonds. The molecular weight excluding hydrogens is 294 g/mol. The zero-order chi connectivity index (χ0) is 14.5. The molecule has 0 spiro atoms. The van der Waals surface area contributed by atoms with E-state index in [4.69, 9.17) is 39.0 Å². The molecule has 5 heteroatoms. The third-order valence-corrected chi connectivity index (χ3v) is 3.29. The Morgan fingerprint density at radius 1 is 1.20 bits per heavy atom. The van der Waals surface area contributed by atoms with Crippen molar-refractivity contribution < 1.29 is 9.47 Å². The van der Waals surface area contributed by atoms with Gasteiger partial charge in [0.05, 0.1) is 17.7 Å². The molecule has 2 aromatic carbocycles. The Kier molecular flexibility index (Phi) is 4.82. The lowest BCUT2D eigenvalue weighted by atomic mass is 10.2. The number of ether oxygens (including phenoxy) is 2. The van der Waals surface area contributed by atoms with Gasteiger partial charge in [-0.1, -0.05) is 42.0 Å². The smallest absolute Gasteiger partial charge is 0.131 e. The van der Waals surface area contributed by atoms with Crippen LogP contribution < -0.4 is 15.2 Å². The van der Waals surface area contributed by atoms with Crippen molar-refractivity contribution in [3.8, 4) is 11.5 Å². The minimum absolute atomic E-state index is 0.223. The van der Waals surface area contributed by atoms with Gasteiger partial charge in [0.1, 0.15) is 23.1 Å². The topological polar surface area (TPSA) is 44.5 Å². The van der Waals surface area contributed by atoms with Gasteiger partial charge in [-0.2, -0.15) is 0 Å². The average Bonchev–Trinajstić information content (AvgIpc) is 2.45. The summed E-state index contributed by atoms with van der Waals surface area (Å²) < 4.78 is 10.9. The molecule has 3 nitrogen and oxygen atoms in total. The van der Waals surface area contributed by atoms with Gasteiger partial charge in [-0.15, -0.1) is 0 Å². The number of hydrogen-bond donors (Lipinski definition) is 1. The van der Waals surface area contributed by atoms with Crippen LogP contribution in [0.5, 0.6) is 11.5 Å². The molecule has 0 fully saturated rings. The van der Waals surface area contributed by atoms with Crippen LogP contribution >= 0.6 is 23.8 Å². The summed E-state index contributed by atoms with van der Waals surface area (Å²) in [6, 6.07) is 13.0. The molecule has 0 saturated carbocycles. The predicted molar refractivity (Wildman–Crippen MR) is 84.7 cm³/mol. The van der Waals surface area contributed by atoms with Crippen molar-refractivity contribution in [2.75, 3.05) is 7.11 Å². The predicted octanol–water partition coefficient (Wildman–Crippen LogP) is 3.56. The fourth-order valence-electron chi connectivity index (χ4n) is 1.75. The van der Waals surface area contributed by atoms with Gasteiger partial charge in [-0.3, -0.25) is 0 Å². The summed E-state index contributed by atoms with van der Waals surface area (Å²) >= 11 is 11.1. The Morgan fingerprint density at radius 3 is 2.50 bits per heavy atom. The molecule has 0 unspecified atom stereocenters. The third-order valence-electron chi connectivity index (χ3n) is 2.78. The van der Waals surface area contributed by atoms with Crippen LogP contribution in [-0.4, -0.2) is 12.1 Å². The third kappa shape index (κ3) is 3.40. The summed E-state index contributed by atoms with van der Waals surface area (Å²) in [6.45, 7) is 0.403. The van der Waals surface area contributed by atoms with Crippen molar-refractivity contribution in [3.63, 3.8) is 0 Å². The molecule has 0 aliphatic rings. The lowest BCUT2D eigenvalue weighted by Crippen LogP contribution is -2.12. The van der Waals surface area contributed by atoms with E-state index in [-0.39, 0.29) is 4.99 Å². The number of hydrogen-bond acceptors (Lipinski definition) is 3. The lowest BCUT2D eigenvalue weighted by Gasteiger charge is -2.12. The molecule has 2 aromatic rings. The van der Waals surface area contributed by atoms with E-state index < -0.39 is 0 Å². The van der Waals surface area contributed by atoms with Gasteiger partial charge in [0.15, 0.2) is 0 Å². The first-order valence-electron chi connectivity index (χ1n) is 5.96. The number of methoxy groups -OCH3 is 1. The van der Waals surface area contributed by atoms with Gasteiger partial charge in [0.25, 0.3) is 0 Å². The number of rotatable bonds is 5. The maximum absolute atomic E-state index is 6.08. The van der Waals surface area contributed by atoms with Crippen molar-refractivity contribution in [3.05, 3.63) is 58.6 Å². The molecule has 0 atom stereocenters. The Hall–Kier alpha value is -1.78. The number of benzene rings is 2. The van der Waals surface area contributed by atoms with Gasteiger partial charge in [-0.25, -0.2) is 0 Å². The summed E-state index contributed by atoms with van der Waals surface area (Å²) in [5, 5.41) is 0.490. The highest BCUT2D eigenvalue weighted by Gasteiger charge is 2.11. The van der Waals surface area contributed by atoms with Crippen LogP contribution in [0.3, 0.4) is 0 Å². The Labute approximate surface area is 128 Å². The molecule has 0 aliphatic heterocycles. The second-order valence-electron chi connectivity index (χ2n) is 4.11.